The number of ketones is 1. The summed E-state index contributed by atoms with van der Waals surface area (Å²) in [6.45, 7) is 8.76. The molecule has 43 heavy (non-hydrogen) atoms. The molecule has 1 saturated carbocycles. The predicted molar refractivity (Wildman–Crippen MR) is 173 cm³/mol. The molecule has 5 nitrogen and oxygen atoms in total. The third kappa shape index (κ3) is 6.51. The van der Waals surface area contributed by atoms with E-state index in [9.17, 15) is 4.79 Å². The van der Waals surface area contributed by atoms with E-state index in [1.165, 1.54) is 24.8 Å². The summed E-state index contributed by atoms with van der Waals surface area (Å²) in [5.41, 5.74) is 6.27. The van der Waals surface area contributed by atoms with Crippen LogP contribution in [0.5, 0.6) is 17.2 Å². The summed E-state index contributed by atoms with van der Waals surface area (Å²) in [5, 5.41) is 0. The molecule has 5 heteroatoms. The first kappa shape index (κ1) is 28.7. The van der Waals surface area contributed by atoms with Gasteiger partial charge in [0.05, 0.1) is 11.0 Å². The van der Waals surface area contributed by atoms with Crippen molar-refractivity contribution >= 4 is 16.8 Å². The molecule has 1 aliphatic rings. The number of hydrogen-bond acceptors (Lipinski definition) is 4. The monoisotopic (exact) mass is 572 g/mol. The fourth-order valence-corrected chi connectivity index (χ4v) is 5.93. The Morgan fingerprint density at radius 3 is 2.26 bits per heavy atom. The van der Waals surface area contributed by atoms with Gasteiger partial charge in [0, 0.05) is 23.2 Å². The van der Waals surface area contributed by atoms with Crippen molar-refractivity contribution in [1.82, 2.24) is 9.55 Å². The van der Waals surface area contributed by atoms with E-state index in [0.29, 0.717) is 18.2 Å². The number of hydrogen-bond donors (Lipinski definition) is 0. The SMILES string of the molecule is CC(=O)c1ccc2c(c1)nc(-c1ccc(Oc3cccc(OCc4ccc(C(C)(C)C)cc4)c3)cc1)n2C1CCCCC1. The molecule has 0 amide bonds. The van der Waals surface area contributed by atoms with Crippen molar-refractivity contribution in [3.8, 4) is 28.6 Å². The number of Topliss-reactive ketones (excluding diaryl/α,β-unsaturated/α-hetero) is 1. The van der Waals surface area contributed by atoms with Gasteiger partial charge in [-0.3, -0.25) is 4.79 Å². The Balaban J connectivity index is 1.19. The standard InChI is InChI=1S/C38H40N2O3/c1-26(41)29-17-22-36-35(23-29)39-37(40(36)31-9-6-5-7-10-31)28-15-20-32(21-16-28)43-34-12-8-11-33(24-34)42-25-27-13-18-30(19-14-27)38(2,3)4/h8,11-24,31H,5-7,9-10,25H2,1-4H3. The lowest BCUT2D eigenvalue weighted by atomic mass is 9.87. The Labute approximate surface area is 254 Å². The number of rotatable bonds is 8. The first-order chi connectivity index (χ1) is 20.7. The zero-order valence-corrected chi connectivity index (χ0v) is 25.6. The van der Waals surface area contributed by atoms with Gasteiger partial charge in [-0.25, -0.2) is 4.98 Å². The normalized spacial score (nSPS) is 14.1. The molecule has 1 aromatic heterocycles. The maximum atomic E-state index is 12.0. The number of ether oxygens (including phenoxy) is 2. The second-order valence-electron chi connectivity index (χ2n) is 12.7. The number of nitrogens with zero attached hydrogens (tertiary/aromatic N) is 2. The van der Waals surface area contributed by atoms with Gasteiger partial charge in [-0.15, -0.1) is 0 Å². The minimum Gasteiger partial charge on any atom is -0.489 e. The fraction of sp³-hybridized carbons (Fsp3) is 0.316. The van der Waals surface area contributed by atoms with Crippen LogP contribution in [-0.4, -0.2) is 15.3 Å². The van der Waals surface area contributed by atoms with Gasteiger partial charge >= 0.3 is 0 Å². The Bertz CT molecular complexity index is 1720. The van der Waals surface area contributed by atoms with Crippen molar-refractivity contribution in [2.24, 2.45) is 0 Å². The molecule has 0 unspecified atom stereocenters. The van der Waals surface area contributed by atoms with Gasteiger partial charge < -0.3 is 14.0 Å². The van der Waals surface area contributed by atoms with E-state index in [2.05, 4.69) is 67.8 Å². The molecule has 0 spiro atoms. The molecule has 1 fully saturated rings. The third-order valence-corrected chi connectivity index (χ3v) is 8.42. The molecule has 1 aliphatic carbocycles. The molecule has 0 N–H and O–H groups in total. The van der Waals surface area contributed by atoms with E-state index in [1.807, 2.05) is 48.5 Å². The van der Waals surface area contributed by atoms with E-state index < -0.39 is 0 Å². The molecular formula is C38H40N2O3. The summed E-state index contributed by atoms with van der Waals surface area (Å²) in [5.74, 6) is 3.24. The van der Waals surface area contributed by atoms with E-state index in [1.54, 1.807) is 6.92 Å². The predicted octanol–water partition coefficient (Wildman–Crippen LogP) is 10.1. The van der Waals surface area contributed by atoms with Crippen LogP contribution in [0, 0.1) is 0 Å². The minimum atomic E-state index is 0.0568. The quantitative estimate of drug-likeness (QED) is 0.174. The number of aromatic nitrogens is 2. The topological polar surface area (TPSA) is 53.4 Å². The fourth-order valence-electron chi connectivity index (χ4n) is 5.93. The Morgan fingerprint density at radius 2 is 1.56 bits per heavy atom. The van der Waals surface area contributed by atoms with Gasteiger partial charge in [0.25, 0.3) is 0 Å². The highest BCUT2D eigenvalue weighted by Gasteiger charge is 2.23. The molecule has 1 heterocycles. The summed E-state index contributed by atoms with van der Waals surface area (Å²) in [6.07, 6.45) is 6.04. The first-order valence-electron chi connectivity index (χ1n) is 15.4. The van der Waals surface area contributed by atoms with Gasteiger partial charge in [-0.2, -0.15) is 0 Å². The number of carbonyl (C=O) groups excluding carboxylic acids is 1. The largest absolute Gasteiger partial charge is 0.489 e. The van der Waals surface area contributed by atoms with E-state index in [-0.39, 0.29) is 11.2 Å². The van der Waals surface area contributed by atoms with Crippen molar-refractivity contribution in [3.05, 3.63) is 108 Å². The number of fused-ring (bicyclic) bond motifs is 1. The van der Waals surface area contributed by atoms with Crippen molar-refractivity contribution in [3.63, 3.8) is 0 Å². The van der Waals surface area contributed by atoms with Crippen LogP contribution in [0.4, 0.5) is 0 Å². The number of benzene rings is 4. The average molecular weight is 573 g/mol. The summed E-state index contributed by atoms with van der Waals surface area (Å²) in [4.78, 5) is 17.1. The van der Waals surface area contributed by atoms with Gasteiger partial charge in [0.1, 0.15) is 29.7 Å². The smallest absolute Gasteiger partial charge is 0.159 e. The van der Waals surface area contributed by atoms with Crippen LogP contribution >= 0.6 is 0 Å². The summed E-state index contributed by atoms with van der Waals surface area (Å²) in [7, 11) is 0. The van der Waals surface area contributed by atoms with Crippen molar-refractivity contribution in [2.45, 2.75) is 77.9 Å². The summed E-state index contributed by atoms with van der Waals surface area (Å²) < 4.78 is 14.7. The number of imidazole rings is 1. The van der Waals surface area contributed by atoms with Crippen LogP contribution in [0.15, 0.2) is 91.0 Å². The van der Waals surface area contributed by atoms with Crippen LogP contribution in [0.1, 0.15) is 87.3 Å². The lowest BCUT2D eigenvalue weighted by Crippen LogP contribution is -2.14. The zero-order chi connectivity index (χ0) is 30.0. The van der Waals surface area contributed by atoms with Crippen molar-refractivity contribution in [1.29, 1.82) is 0 Å². The molecular weight excluding hydrogens is 532 g/mol. The van der Waals surface area contributed by atoms with Crippen molar-refractivity contribution in [2.75, 3.05) is 0 Å². The second-order valence-corrected chi connectivity index (χ2v) is 12.7. The van der Waals surface area contributed by atoms with Gasteiger partial charge in [-0.1, -0.05) is 70.4 Å². The van der Waals surface area contributed by atoms with Crippen LogP contribution in [0.2, 0.25) is 0 Å². The Morgan fingerprint density at radius 1 is 0.837 bits per heavy atom. The van der Waals surface area contributed by atoms with Gasteiger partial charge in [-0.05, 0) is 90.9 Å². The number of carbonyl (C=O) groups is 1. The average Bonchev–Trinajstić information content (AvgIpc) is 3.40. The first-order valence-corrected chi connectivity index (χ1v) is 15.4. The maximum Gasteiger partial charge on any atom is 0.159 e. The van der Waals surface area contributed by atoms with E-state index in [4.69, 9.17) is 14.5 Å². The maximum absolute atomic E-state index is 12.0. The molecule has 0 atom stereocenters. The summed E-state index contributed by atoms with van der Waals surface area (Å²) in [6, 6.07) is 30.8. The lowest BCUT2D eigenvalue weighted by Gasteiger charge is -2.25. The van der Waals surface area contributed by atoms with Crippen molar-refractivity contribution < 1.29 is 14.3 Å². The van der Waals surface area contributed by atoms with Crippen LogP contribution in [0.25, 0.3) is 22.4 Å². The van der Waals surface area contributed by atoms with E-state index in [0.717, 1.165) is 58.1 Å². The van der Waals surface area contributed by atoms with Crippen LogP contribution in [0.3, 0.4) is 0 Å². The molecule has 5 aromatic rings. The molecule has 0 radical (unpaired) electrons. The lowest BCUT2D eigenvalue weighted by molar-refractivity contribution is 0.101. The zero-order valence-electron chi connectivity index (χ0n) is 25.6. The Hall–Kier alpha value is -4.38. The van der Waals surface area contributed by atoms with Gasteiger partial charge in [0.15, 0.2) is 5.78 Å². The third-order valence-electron chi connectivity index (χ3n) is 8.42. The molecule has 4 aromatic carbocycles. The summed E-state index contributed by atoms with van der Waals surface area (Å²) >= 11 is 0. The molecule has 0 saturated heterocycles. The minimum absolute atomic E-state index is 0.0568. The Kier molecular flexibility index (Phi) is 8.07. The van der Waals surface area contributed by atoms with Crippen LogP contribution < -0.4 is 9.47 Å². The highest BCUT2D eigenvalue weighted by molar-refractivity contribution is 5.97. The van der Waals surface area contributed by atoms with E-state index >= 15 is 0 Å². The molecule has 6 rings (SSSR count). The van der Waals surface area contributed by atoms with Gasteiger partial charge in [0.2, 0.25) is 0 Å². The highest BCUT2D eigenvalue weighted by Crippen LogP contribution is 2.37. The molecule has 0 bridgehead atoms. The highest BCUT2D eigenvalue weighted by atomic mass is 16.5. The molecule has 0 aliphatic heterocycles. The van der Waals surface area contributed by atoms with Crippen LogP contribution in [-0.2, 0) is 12.0 Å². The molecule has 220 valence electrons. The second kappa shape index (κ2) is 12.1.